The van der Waals surface area contributed by atoms with E-state index in [2.05, 4.69) is 36.0 Å². The minimum Gasteiger partial charge on any atom is -0.358 e. The van der Waals surface area contributed by atoms with Gasteiger partial charge in [0.1, 0.15) is 10.0 Å². The lowest BCUT2D eigenvalue weighted by Crippen LogP contribution is -2.56. The molecule has 4 heterocycles. The van der Waals surface area contributed by atoms with Crippen LogP contribution in [0.1, 0.15) is 60.2 Å². The number of carbonyl (C=O) groups is 2. The average molecular weight is 535 g/mol. The lowest BCUT2D eigenvalue weighted by molar-refractivity contribution is -0.116. The second-order valence-corrected chi connectivity index (χ2v) is 11.1. The molecule has 0 unspecified atom stereocenters. The first-order valence-corrected chi connectivity index (χ1v) is 13.2. The molecule has 14 heteroatoms. The van der Waals surface area contributed by atoms with Gasteiger partial charge < -0.3 is 15.5 Å². The number of alkyl halides is 2. The highest BCUT2D eigenvalue weighted by atomic mass is 32.1. The van der Waals surface area contributed by atoms with Crippen LogP contribution in [0.5, 0.6) is 0 Å². The molecule has 2 atom stereocenters. The van der Waals surface area contributed by atoms with Gasteiger partial charge in [0.15, 0.2) is 0 Å². The van der Waals surface area contributed by atoms with E-state index in [1.165, 1.54) is 35.8 Å². The first kappa shape index (κ1) is 24.6. The molecule has 1 aliphatic heterocycles. The van der Waals surface area contributed by atoms with Gasteiger partial charge in [0, 0.05) is 24.5 Å². The molecule has 1 saturated heterocycles. The highest BCUT2D eigenvalue weighted by Crippen LogP contribution is 2.43. The van der Waals surface area contributed by atoms with Crippen LogP contribution in [0.2, 0.25) is 0 Å². The molecule has 190 valence electrons. The van der Waals surface area contributed by atoms with Crippen molar-refractivity contribution in [2.75, 3.05) is 28.6 Å². The number of amides is 2. The van der Waals surface area contributed by atoms with Gasteiger partial charge in [0.25, 0.3) is 5.92 Å². The molecule has 3 aromatic heterocycles. The molecule has 0 aromatic carbocycles. The van der Waals surface area contributed by atoms with E-state index in [1.807, 2.05) is 0 Å². The van der Waals surface area contributed by atoms with E-state index in [0.29, 0.717) is 21.6 Å². The Morgan fingerprint density at radius 3 is 2.22 bits per heavy atom. The summed E-state index contributed by atoms with van der Waals surface area (Å²) in [4.78, 5) is 29.5. The lowest BCUT2D eigenvalue weighted by atomic mass is 9.82. The third-order valence-corrected chi connectivity index (χ3v) is 8.15. The third kappa shape index (κ3) is 5.81. The zero-order valence-corrected chi connectivity index (χ0v) is 21.0. The van der Waals surface area contributed by atoms with Crippen molar-refractivity contribution in [2.24, 2.45) is 0 Å². The topological polar surface area (TPSA) is 126 Å². The lowest BCUT2D eigenvalue weighted by Gasteiger charge is -2.40. The van der Waals surface area contributed by atoms with Crippen LogP contribution >= 0.6 is 22.7 Å². The Morgan fingerprint density at radius 1 is 1.03 bits per heavy atom. The Labute approximate surface area is 213 Å². The molecule has 0 spiro atoms. The summed E-state index contributed by atoms with van der Waals surface area (Å²) < 4.78 is 26.1. The van der Waals surface area contributed by atoms with Crippen LogP contribution in [-0.4, -0.2) is 56.2 Å². The molecule has 2 fully saturated rings. The summed E-state index contributed by atoms with van der Waals surface area (Å²) in [5.41, 5.74) is 1.16. The van der Waals surface area contributed by atoms with Gasteiger partial charge in [-0.1, -0.05) is 29.1 Å². The summed E-state index contributed by atoms with van der Waals surface area (Å²) in [5, 5.41) is 24.9. The van der Waals surface area contributed by atoms with Crippen LogP contribution in [-0.2, 0) is 16.0 Å². The predicted octanol–water partition coefficient (Wildman–Crippen LogP) is 3.82. The number of pyridine rings is 1. The molecule has 2 amide bonds. The molecule has 2 aliphatic rings. The van der Waals surface area contributed by atoms with Crippen molar-refractivity contribution in [1.82, 2.24) is 25.4 Å². The number of hydrogen-bond donors (Lipinski definition) is 2. The van der Waals surface area contributed by atoms with Gasteiger partial charge in [-0.05, 0) is 31.4 Å². The number of rotatable bonds is 7. The summed E-state index contributed by atoms with van der Waals surface area (Å²) in [5.74, 6) is -2.64. The van der Waals surface area contributed by atoms with Crippen LogP contribution in [0.3, 0.4) is 0 Å². The summed E-state index contributed by atoms with van der Waals surface area (Å²) >= 11 is 2.76. The maximum atomic E-state index is 13.0. The van der Waals surface area contributed by atoms with E-state index >= 15 is 0 Å². The quantitative estimate of drug-likeness (QED) is 0.469. The largest absolute Gasteiger partial charge is 0.358 e. The van der Waals surface area contributed by atoms with Crippen molar-refractivity contribution >= 4 is 50.4 Å². The van der Waals surface area contributed by atoms with E-state index in [9.17, 15) is 18.4 Å². The third-order valence-electron chi connectivity index (χ3n) is 6.14. The van der Waals surface area contributed by atoms with Crippen LogP contribution < -0.4 is 15.5 Å². The molecular formula is C22H24F2N8O2S2. The van der Waals surface area contributed by atoms with E-state index in [1.54, 1.807) is 17.0 Å². The number of anilines is 3. The zero-order chi connectivity index (χ0) is 25.3. The average Bonchev–Trinajstić information content (AvgIpc) is 3.47. The van der Waals surface area contributed by atoms with E-state index in [4.69, 9.17) is 0 Å². The van der Waals surface area contributed by atoms with Crippen LogP contribution in [0.4, 0.5) is 24.7 Å². The molecular weight excluding hydrogens is 510 g/mol. The van der Waals surface area contributed by atoms with E-state index in [-0.39, 0.29) is 43.2 Å². The second kappa shape index (κ2) is 10.1. The van der Waals surface area contributed by atoms with Crippen molar-refractivity contribution in [1.29, 1.82) is 0 Å². The number of nitrogens with one attached hydrogen (secondary N) is 2. The smallest absolute Gasteiger partial charge is 0.282 e. The normalized spacial score (nSPS) is 21.0. The van der Waals surface area contributed by atoms with Crippen LogP contribution in [0.25, 0.3) is 0 Å². The van der Waals surface area contributed by atoms with Crippen molar-refractivity contribution in [3.63, 3.8) is 0 Å². The fourth-order valence-corrected chi connectivity index (χ4v) is 6.26. The highest BCUT2D eigenvalue weighted by Gasteiger charge is 2.44. The maximum Gasteiger partial charge on any atom is 0.282 e. The Bertz CT molecular complexity index is 1240. The molecule has 5 rings (SSSR count). The number of carbonyl (C=O) groups excluding carboxylic acids is 2. The molecule has 36 heavy (non-hydrogen) atoms. The Kier molecular flexibility index (Phi) is 6.88. The van der Waals surface area contributed by atoms with Gasteiger partial charge in [-0.25, -0.2) is 8.78 Å². The molecule has 3 aromatic rings. The summed E-state index contributed by atoms with van der Waals surface area (Å²) in [6, 6.07) is 3.37. The van der Waals surface area contributed by atoms with Gasteiger partial charge in [0.05, 0.1) is 31.4 Å². The fraction of sp³-hybridized carbons (Fsp3) is 0.500. The Hall–Kier alpha value is -3.13. The summed E-state index contributed by atoms with van der Waals surface area (Å²) in [6.07, 6.45) is 5.41. The molecule has 0 radical (unpaired) electrons. The van der Waals surface area contributed by atoms with Crippen molar-refractivity contribution < 1.29 is 18.4 Å². The molecule has 10 nitrogen and oxygen atoms in total. The molecule has 0 bridgehead atoms. The highest BCUT2D eigenvalue weighted by molar-refractivity contribution is 7.15. The number of nitrogens with zero attached hydrogens (tertiary/aromatic N) is 6. The van der Waals surface area contributed by atoms with Crippen molar-refractivity contribution in [3.8, 4) is 0 Å². The maximum absolute atomic E-state index is 13.0. The van der Waals surface area contributed by atoms with Gasteiger partial charge in [-0.3, -0.25) is 14.6 Å². The number of aromatic nitrogens is 5. The van der Waals surface area contributed by atoms with Crippen molar-refractivity contribution in [2.45, 2.75) is 56.8 Å². The van der Waals surface area contributed by atoms with Crippen molar-refractivity contribution in [3.05, 3.63) is 34.0 Å². The molecule has 2 N–H and O–H groups in total. The minimum absolute atomic E-state index is 0.0462. The Balaban J connectivity index is 1.14. The minimum atomic E-state index is -2.65. The van der Waals surface area contributed by atoms with E-state index < -0.39 is 5.92 Å². The predicted molar refractivity (Wildman–Crippen MR) is 132 cm³/mol. The molecule has 1 saturated carbocycles. The fourth-order valence-electron chi connectivity index (χ4n) is 4.42. The standard InChI is InChI=1S/C22H24F2N8O2S2/c1-12(33)26-20-30-28-18(35-20)13-3-2-4-14(7-13)19-29-31-21(36-19)27-17(34)8-15-5-6-16(9-25-15)32-10-22(23,24)11-32/h5-6,9,13-14H,2-4,7-8,10-11H2,1H3,(H,26,30,33)(H,27,31,34)/t13-,14-/m0/s1. The first-order chi connectivity index (χ1) is 17.2. The monoisotopic (exact) mass is 534 g/mol. The van der Waals surface area contributed by atoms with Gasteiger partial charge >= 0.3 is 0 Å². The molecule has 1 aliphatic carbocycles. The van der Waals surface area contributed by atoms with Gasteiger partial charge in [-0.15, -0.1) is 20.4 Å². The Morgan fingerprint density at radius 2 is 1.67 bits per heavy atom. The van der Waals surface area contributed by atoms with Crippen LogP contribution in [0, 0.1) is 0 Å². The zero-order valence-electron chi connectivity index (χ0n) is 19.4. The number of halogens is 2. The first-order valence-electron chi connectivity index (χ1n) is 11.6. The number of hydrogen-bond acceptors (Lipinski definition) is 10. The van der Waals surface area contributed by atoms with Gasteiger partial charge in [-0.2, -0.15) is 0 Å². The SMILES string of the molecule is CC(=O)Nc1nnc([C@H]2CCC[C@H](c3nnc(NC(=O)Cc4ccc(N5CC(F)(F)C5)cn4)s3)C2)s1. The van der Waals surface area contributed by atoms with Crippen LogP contribution in [0.15, 0.2) is 18.3 Å². The van der Waals surface area contributed by atoms with Gasteiger partial charge in [0.2, 0.25) is 22.1 Å². The summed E-state index contributed by atoms with van der Waals surface area (Å²) in [6.45, 7) is 0.818. The van der Waals surface area contributed by atoms with E-state index in [0.717, 1.165) is 35.7 Å². The second-order valence-electron chi connectivity index (χ2n) is 9.08. The summed E-state index contributed by atoms with van der Waals surface area (Å²) in [7, 11) is 0.